The zero-order valence-corrected chi connectivity index (χ0v) is 9.49. The second-order valence-corrected chi connectivity index (χ2v) is 3.12. The van der Waals surface area contributed by atoms with Crippen LogP contribution in [0.15, 0.2) is 0 Å². The Morgan fingerprint density at radius 1 is 1.07 bits per heavy atom. The Morgan fingerprint density at radius 3 is 2.29 bits per heavy atom. The average Bonchev–Trinajstić information content (AvgIpc) is 2.21. The molecule has 2 atom stereocenters. The number of nitrogens with two attached hydrogens (primary N) is 1. The summed E-state index contributed by atoms with van der Waals surface area (Å²) in [5.74, 6) is 0. The Bertz CT molecular complexity index is 122. The van der Waals surface area contributed by atoms with Gasteiger partial charge in [0.05, 0.1) is 25.4 Å². The minimum absolute atomic E-state index is 0.00377. The highest BCUT2D eigenvalue weighted by atomic mass is 16.6. The monoisotopic (exact) mass is 205 g/mol. The summed E-state index contributed by atoms with van der Waals surface area (Å²) in [6.07, 6.45) is 0.105. The largest absolute Gasteiger partial charge is 0.379 e. The lowest BCUT2D eigenvalue weighted by molar-refractivity contribution is -0.0560. The van der Waals surface area contributed by atoms with Gasteiger partial charge in [0.2, 0.25) is 0 Å². The highest BCUT2D eigenvalue weighted by Crippen LogP contribution is 1.97. The van der Waals surface area contributed by atoms with Crippen molar-refractivity contribution in [3.8, 4) is 0 Å². The van der Waals surface area contributed by atoms with Gasteiger partial charge in [0.1, 0.15) is 0 Å². The maximum absolute atomic E-state index is 5.52. The van der Waals surface area contributed by atoms with Crippen molar-refractivity contribution in [1.29, 1.82) is 0 Å². The molecule has 0 saturated carbocycles. The van der Waals surface area contributed by atoms with Crippen LogP contribution in [0.1, 0.15) is 20.8 Å². The first kappa shape index (κ1) is 13.8. The van der Waals surface area contributed by atoms with Crippen LogP contribution in [-0.4, -0.2) is 45.2 Å². The predicted molar refractivity (Wildman–Crippen MR) is 56.4 cm³/mol. The molecule has 0 aliphatic heterocycles. The van der Waals surface area contributed by atoms with Crippen molar-refractivity contribution in [2.24, 2.45) is 5.73 Å². The van der Waals surface area contributed by atoms with Crippen LogP contribution in [0, 0.1) is 0 Å². The number of hydrogen-bond acceptors (Lipinski definition) is 4. The first-order valence-corrected chi connectivity index (χ1v) is 5.25. The van der Waals surface area contributed by atoms with Gasteiger partial charge in [-0.25, -0.2) is 0 Å². The summed E-state index contributed by atoms with van der Waals surface area (Å²) < 4.78 is 16.1. The van der Waals surface area contributed by atoms with E-state index in [2.05, 4.69) is 0 Å². The van der Waals surface area contributed by atoms with E-state index in [1.165, 1.54) is 0 Å². The lowest BCUT2D eigenvalue weighted by Crippen LogP contribution is -2.31. The third-order valence-electron chi connectivity index (χ3n) is 1.79. The number of rotatable bonds is 9. The van der Waals surface area contributed by atoms with Gasteiger partial charge in [-0.05, 0) is 20.8 Å². The highest BCUT2D eigenvalue weighted by molar-refractivity contribution is 4.58. The van der Waals surface area contributed by atoms with Crippen molar-refractivity contribution in [1.82, 2.24) is 0 Å². The summed E-state index contributed by atoms with van der Waals surface area (Å²) in [7, 11) is 0. The van der Waals surface area contributed by atoms with Crippen LogP contribution in [-0.2, 0) is 14.2 Å². The first-order valence-electron chi connectivity index (χ1n) is 5.25. The van der Waals surface area contributed by atoms with E-state index in [-0.39, 0.29) is 12.2 Å². The second kappa shape index (κ2) is 9.40. The Morgan fingerprint density at radius 2 is 1.79 bits per heavy atom. The Hall–Kier alpha value is -0.160. The Balaban J connectivity index is 3.46. The van der Waals surface area contributed by atoms with Crippen LogP contribution in [0.4, 0.5) is 0 Å². The van der Waals surface area contributed by atoms with Crippen LogP contribution >= 0.6 is 0 Å². The quantitative estimate of drug-likeness (QED) is 0.604. The van der Waals surface area contributed by atoms with E-state index in [4.69, 9.17) is 19.9 Å². The molecule has 0 aromatic heterocycles. The molecule has 0 spiro atoms. The van der Waals surface area contributed by atoms with Crippen LogP contribution in [0.3, 0.4) is 0 Å². The molecule has 2 N–H and O–H groups in total. The minimum atomic E-state index is 0.00377. The van der Waals surface area contributed by atoms with Crippen molar-refractivity contribution >= 4 is 0 Å². The van der Waals surface area contributed by atoms with Gasteiger partial charge in [-0.15, -0.1) is 0 Å². The fraction of sp³-hybridized carbons (Fsp3) is 1.00. The van der Waals surface area contributed by atoms with E-state index >= 15 is 0 Å². The van der Waals surface area contributed by atoms with Crippen LogP contribution < -0.4 is 5.73 Å². The number of ether oxygens (including phenoxy) is 3. The zero-order chi connectivity index (χ0) is 10.8. The van der Waals surface area contributed by atoms with Crippen molar-refractivity contribution in [2.45, 2.75) is 33.0 Å². The topological polar surface area (TPSA) is 53.7 Å². The van der Waals surface area contributed by atoms with Crippen molar-refractivity contribution in [2.75, 3.05) is 33.0 Å². The van der Waals surface area contributed by atoms with Gasteiger partial charge >= 0.3 is 0 Å². The Labute approximate surface area is 86.7 Å². The van der Waals surface area contributed by atoms with Crippen LogP contribution in [0.2, 0.25) is 0 Å². The second-order valence-electron chi connectivity index (χ2n) is 3.12. The predicted octanol–water partition coefficient (Wildman–Crippen LogP) is 0.792. The molecule has 2 unspecified atom stereocenters. The van der Waals surface area contributed by atoms with E-state index in [1.807, 2.05) is 20.8 Å². The maximum Gasteiger partial charge on any atom is 0.0930 e. The molecule has 14 heavy (non-hydrogen) atoms. The van der Waals surface area contributed by atoms with E-state index < -0.39 is 0 Å². The fourth-order valence-electron chi connectivity index (χ4n) is 1.02. The summed E-state index contributed by atoms with van der Waals surface area (Å²) in [5, 5.41) is 0. The SMILES string of the molecule is CCOCC(C)OCC(CN)OCC. The van der Waals surface area contributed by atoms with Crippen molar-refractivity contribution in [3.05, 3.63) is 0 Å². The summed E-state index contributed by atoms with van der Waals surface area (Å²) in [6, 6.07) is 0. The summed E-state index contributed by atoms with van der Waals surface area (Å²) in [5.41, 5.74) is 5.51. The Kier molecular flexibility index (Phi) is 9.29. The summed E-state index contributed by atoms with van der Waals surface area (Å²) >= 11 is 0. The lowest BCUT2D eigenvalue weighted by Gasteiger charge is -2.18. The molecule has 0 heterocycles. The maximum atomic E-state index is 5.52. The van der Waals surface area contributed by atoms with E-state index in [1.54, 1.807) is 0 Å². The molecule has 0 saturated heterocycles. The van der Waals surface area contributed by atoms with Gasteiger partial charge in [0.15, 0.2) is 0 Å². The minimum Gasteiger partial charge on any atom is -0.379 e. The van der Waals surface area contributed by atoms with Crippen LogP contribution in [0.25, 0.3) is 0 Å². The molecule has 0 bridgehead atoms. The molecule has 86 valence electrons. The standard InChI is InChI=1S/C10H23NO3/c1-4-12-7-9(3)14-8-10(6-11)13-5-2/h9-10H,4-8,11H2,1-3H3. The third kappa shape index (κ3) is 7.26. The van der Waals surface area contributed by atoms with Gasteiger partial charge in [0, 0.05) is 19.8 Å². The smallest absolute Gasteiger partial charge is 0.0930 e. The van der Waals surface area contributed by atoms with Crippen molar-refractivity contribution in [3.63, 3.8) is 0 Å². The van der Waals surface area contributed by atoms with Crippen LogP contribution in [0.5, 0.6) is 0 Å². The molecule has 0 aromatic rings. The fourth-order valence-corrected chi connectivity index (χ4v) is 1.02. The molecule has 0 amide bonds. The molecule has 0 rings (SSSR count). The zero-order valence-electron chi connectivity index (χ0n) is 9.49. The van der Waals surface area contributed by atoms with Gasteiger partial charge < -0.3 is 19.9 Å². The molecule has 0 fully saturated rings. The van der Waals surface area contributed by atoms with E-state index in [0.29, 0.717) is 26.4 Å². The molecule has 4 nitrogen and oxygen atoms in total. The number of hydrogen-bond donors (Lipinski definition) is 1. The summed E-state index contributed by atoms with van der Waals surface area (Å²) in [6.45, 7) is 8.95. The molecule has 0 radical (unpaired) electrons. The highest BCUT2D eigenvalue weighted by Gasteiger charge is 2.09. The molecular formula is C10H23NO3. The normalized spacial score (nSPS) is 15.4. The van der Waals surface area contributed by atoms with Gasteiger partial charge in [-0.2, -0.15) is 0 Å². The first-order chi connectivity index (χ1) is 6.74. The van der Waals surface area contributed by atoms with E-state index in [9.17, 15) is 0 Å². The summed E-state index contributed by atoms with van der Waals surface area (Å²) in [4.78, 5) is 0. The lowest BCUT2D eigenvalue weighted by atomic mass is 10.3. The molecule has 0 aliphatic carbocycles. The van der Waals surface area contributed by atoms with Gasteiger partial charge in [-0.3, -0.25) is 0 Å². The van der Waals surface area contributed by atoms with Crippen molar-refractivity contribution < 1.29 is 14.2 Å². The molecule has 0 aromatic carbocycles. The molecular weight excluding hydrogens is 182 g/mol. The molecule has 0 aliphatic rings. The molecule has 4 heteroatoms. The third-order valence-corrected chi connectivity index (χ3v) is 1.79. The van der Waals surface area contributed by atoms with Gasteiger partial charge in [-0.1, -0.05) is 0 Å². The van der Waals surface area contributed by atoms with Gasteiger partial charge in [0.25, 0.3) is 0 Å². The van der Waals surface area contributed by atoms with E-state index in [0.717, 1.165) is 6.61 Å². The average molecular weight is 205 g/mol.